The Kier molecular flexibility index (Phi) is 8.81. The standard InChI is InChI=1S/C18H33N3O.2ClH/c1-14(2)12-21-9-6-16(7-10-21)20-17(22)18-8-4-3-5-15(18)11-19-13-18;;/h14-16,19H,3-13H2,1-2H3,(H,20,22);2*1H/t15-,18+;;/m0../s1. The Morgan fingerprint density at radius 2 is 1.92 bits per heavy atom. The lowest BCUT2D eigenvalue weighted by Gasteiger charge is -2.40. The molecule has 1 saturated carbocycles. The summed E-state index contributed by atoms with van der Waals surface area (Å²) in [5.41, 5.74) is -0.0900. The fourth-order valence-corrected chi connectivity index (χ4v) is 4.80. The largest absolute Gasteiger partial charge is 0.353 e. The predicted octanol–water partition coefficient (Wildman–Crippen LogP) is 2.85. The molecule has 3 aliphatic rings. The quantitative estimate of drug-likeness (QED) is 0.788. The fourth-order valence-electron chi connectivity index (χ4n) is 4.80. The zero-order valence-corrected chi connectivity index (χ0v) is 16.8. The summed E-state index contributed by atoms with van der Waals surface area (Å²) in [6.07, 6.45) is 7.07. The number of carbonyl (C=O) groups excluding carboxylic acids is 1. The van der Waals surface area contributed by atoms with Crippen LogP contribution in [0.15, 0.2) is 0 Å². The van der Waals surface area contributed by atoms with Crippen LogP contribution in [0.1, 0.15) is 52.4 Å². The van der Waals surface area contributed by atoms with Gasteiger partial charge in [0.1, 0.15) is 0 Å². The van der Waals surface area contributed by atoms with Crippen molar-refractivity contribution in [2.45, 2.75) is 58.4 Å². The van der Waals surface area contributed by atoms with Gasteiger partial charge in [-0.1, -0.05) is 26.7 Å². The number of amides is 1. The number of likely N-dealkylation sites (tertiary alicyclic amines) is 1. The molecule has 2 atom stereocenters. The van der Waals surface area contributed by atoms with E-state index in [0.717, 1.165) is 51.4 Å². The summed E-state index contributed by atoms with van der Waals surface area (Å²) in [7, 11) is 0. The smallest absolute Gasteiger partial charge is 0.228 e. The lowest BCUT2D eigenvalue weighted by molar-refractivity contribution is -0.135. The summed E-state index contributed by atoms with van der Waals surface area (Å²) in [6, 6.07) is 0.397. The number of hydrogen-bond acceptors (Lipinski definition) is 3. The minimum Gasteiger partial charge on any atom is -0.353 e. The third-order valence-electron chi connectivity index (χ3n) is 6.04. The van der Waals surface area contributed by atoms with E-state index in [4.69, 9.17) is 0 Å². The molecule has 24 heavy (non-hydrogen) atoms. The number of fused-ring (bicyclic) bond motifs is 1. The first kappa shape index (κ1) is 22.0. The topological polar surface area (TPSA) is 44.4 Å². The number of nitrogens with one attached hydrogen (secondary N) is 2. The first-order valence-corrected chi connectivity index (χ1v) is 9.34. The van der Waals surface area contributed by atoms with Crippen LogP contribution in [-0.2, 0) is 4.79 Å². The van der Waals surface area contributed by atoms with Gasteiger partial charge in [0, 0.05) is 32.2 Å². The summed E-state index contributed by atoms with van der Waals surface area (Å²) in [5.74, 6) is 1.66. The second-order valence-corrected chi connectivity index (χ2v) is 8.17. The summed E-state index contributed by atoms with van der Waals surface area (Å²) >= 11 is 0. The highest BCUT2D eigenvalue weighted by molar-refractivity contribution is 5.85. The third-order valence-corrected chi connectivity index (χ3v) is 6.04. The number of hydrogen-bond donors (Lipinski definition) is 2. The van der Waals surface area contributed by atoms with Crippen LogP contribution in [0, 0.1) is 17.3 Å². The van der Waals surface area contributed by atoms with Crippen molar-refractivity contribution in [3.05, 3.63) is 0 Å². The fraction of sp³-hybridized carbons (Fsp3) is 0.944. The van der Waals surface area contributed by atoms with Crippen LogP contribution in [-0.4, -0.2) is 49.6 Å². The zero-order valence-electron chi connectivity index (χ0n) is 15.2. The number of halogens is 2. The molecular weight excluding hydrogens is 345 g/mol. The van der Waals surface area contributed by atoms with Gasteiger partial charge in [-0.15, -0.1) is 24.8 Å². The van der Waals surface area contributed by atoms with Gasteiger partial charge in [-0.05, 0) is 44.1 Å². The number of carbonyl (C=O) groups is 1. The minimum absolute atomic E-state index is 0. The molecule has 142 valence electrons. The molecule has 4 nitrogen and oxygen atoms in total. The van der Waals surface area contributed by atoms with E-state index in [1.165, 1.54) is 25.8 Å². The molecule has 2 heterocycles. The SMILES string of the molecule is CC(C)CN1CCC(NC(=O)[C@@]23CCCC[C@H]2CNC3)CC1.Cl.Cl. The van der Waals surface area contributed by atoms with Gasteiger partial charge >= 0.3 is 0 Å². The predicted molar refractivity (Wildman–Crippen MR) is 104 cm³/mol. The van der Waals surface area contributed by atoms with Crippen molar-refractivity contribution in [2.24, 2.45) is 17.3 Å². The van der Waals surface area contributed by atoms with Crippen LogP contribution in [0.2, 0.25) is 0 Å². The molecular formula is C18H35Cl2N3O. The van der Waals surface area contributed by atoms with E-state index in [-0.39, 0.29) is 30.2 Å². The Hall–Kier alpha value is -0.0300. The van der Waals surface area contributed by atoms with E-state index in [1.54, 1.807) is 0 Å². The highest BCUT2D eigenvalue weighted by Gasteiger charge is 2.50. The summed E-state index contributed by atoms with van der Waals surface area (Å²) in [6.45, 7) is 9.97. The summed E-state index contributed by atoms with van der Waals surface area (Å²) in [5, 5.41) is 6.90. The molecule has 0 radical (unpaired) electrons. The molecule has 3 fully saturated rings. The lowest BCUT2D eigenvalue weighted by atomic mass is 9.67. The normalized spacial score (nSPS) is 31.0. The van der Waals surface area contributed by atoms with Crippen molar-refractivity contribution in [1.29, 1.82) is 0 Å². The second kappa shape index (κ2) is 9.61. The van der Waals surface area contributed by atoms with Crippen molar-refractivity contribution in [2.75, 3.05) is 32.7 Å². The Labute approximate surface area is 159 Å². The van der Waals surface area contributed by atoms with E-state index < -0.39 is 0 Å². The van der Waals surface area contributed by atoms with Crippen LogP contribution in [0.25, 0.3) is 0 Å². The monoisotopic (exact) mass is 379 g/mol. The molecule has 0 aromatic rings. The van der Waals surface area contributed by atoms with Crippen molar-refractivity contribution in [1.82, 2.24) is 15.5 Å². The third kappa shape index (κ3) is 4.78. The van der Waals surface area contributed by atoms with E-state index >= 15 is 0 Å². The van der Waals surface area contributed by atoms with E-state index in [1.807, 2.05) is 0 Å². The second-order valence-electron chi connectivity index (χ2n) is 8.17. The first-order chi connectivity index (χ1) is 10.6. The van der Waals surface area contributed by atoms with E-state index in [0.29, 0.717) is 17.9 Å². The molecule has 1 aliphatic carbocycles. The molecule has 2 N–H and O–H groups in total. The van der Waals surface area contributed by atoms with Crippen LogP contribution in [0.4, 0.5) is 0 Å². The van der Waals surface area contributed by atoms with Gasteiger partial charge in [-0.25, -0.2) is 0 Å². The van der Waals surface area contributed by atoms with Crippen molar-refractivity contribution >= 4 is 30.7 Å². The van der Waals surface area contributed by atoms with Crippen molar-refractivity contribution < 1.29 is 4.79 Å². The van der Waals surface area contributed by atoms with Crippen LogP contribution in [0.5, 0.6) is 0 Å². The Morgan fingerprint density at radius 3 is 2.58 bits per heavy atom. The molecule has 3 rings (SSSR count). The van der Waals surface area contributed by atoms with Gasteiger partial charge in [-0.2, -0.15) is 0 Å². The summed E-state index contributed by atoms with van der Waals surface area (Å²) < 4.78 is 0. The molecule has 0 spiro atoms. The van der Waals surface area contributed by atoms with Crippen molar-refractivity contribution in [3.63, 3.8) is 0 Å². The van der Waals surface area contributed by atoms with Crippen LogP contribution >= 0.6 is 24.8 Å². The molecule has 2 aliphatic heterocycles. The van der Waals surface area contributed by atoms with E-state index in [9.17, 15) is 4.79 Å². The van der Waals surface area contributed by atoms with Gasteiger partial charge in [0.15, 0.2) is 0 Å². The van der Waals surface area contributed by atoms with Crippen LogP contribution in [0.3, 0.4) is 0 Å². The zero-order chi connectivity index (χ0) is 15.6. The van der Waals surface area contributed by atoms with Crippen LogP contribution < -0.4 is 10.6 Å². The maximum Gasteiger partial charge on any atom is 0.228 e. The van der Waals surface area contributed by atoms with Gasteiger partial charge in [0.25, 0.3) is 0 Å². The van der Waals surface area contributed by atoms with Crippen molar-refractivity contribution in [3.8, 4) is 0 Å². The highest BCUT2D eigenvalue weighted by atomic mass is 35.5. The Balaban J connectivity index is 0.00000144. The average molecular weight is 380 g/mol. The lowest BCUT2D eigenvalue weighted by Crippen LogP contribution is -2.53. The molecule has 0 aromatic heterocycles. The van der Waals surface area contributed by atoms with E-state index in [2.05, 4.69) is 29.4 Å². The number of piperidine rings is 1. The van der Waals surface area contributed by atoms with Gasteiger partial charge in [0.2, 0.25) is 5.91 Å². The Bertz CT molecular complexity index is 400. The molecule has 0 bridgehead atoms. The minimum atomic E-state index is -0.0900. The average Bonchev–Trinajstić information content (AvgIpc) is 2.94. The molecule has 1 amide bonds. The summed E-state index contributed by atoms with van der Waals surface area (Å²) in [4.78, 5) is 15.5. The molecule has 0 unspecified atom stereocenters. The molecule has 2 saturated heterocycles. The van der Waals surface area contributed by atoms with Gasteiger partial charge in [0.05, 0.1) is 5.41 Å². The Morgan fingerprint density at radius 1 is 1.21 bits per heavy atom. The maximum absolute atomic E-state index is 13.0. The molecule has 0 aromatic carbocycles. The maximum atomic E-state index is 13.0. The highest BCUT2D eigenvalue weighted by Crippen LogP contribution is 2.44. The number of nitrogens with zero attached hydrogens (tertiary/aromatic N) is 1. The van der Waals surface area contributed by atoms with Gasteiger partial charge in [-0.3, -0.25) is 4.79 Å². The molecule has 6 heteroatoms. The first-order valence-electron chi connectivity index (χ1n) is 9.34. The number of rotatable bonds is 4. The van der Waals surface area contributed by atoms with Gasteiger partial charge < -0.3 is 15.5 Å².